The summed E-state index contributed by atoms with van der Waals surface area (Å²) < 4.78 is 24.4. The molecule has 2 atom stereocenters. The Kier molecular flexibility index (Phi) is 5.03. The van der Waals surface area contributed by atoms with E-state index >= 15 is 0 Å². The Morgan fingerprint density at radius 1 is 1.37 bits per heavy atom. The van der Waals surface area contributed by atoms with E-state index in [4.69, 9.17) is 0 Å². The number of hydrogen-bond donors (Lipinski definition) is 1. The van der Waals surface area contributed by atoms with Crippen LogP contribution in [0.5, 0.6) is 0 Å². The van der Waals surface area contributed by atoms with Crippen LogP contribution in [0.4, 0.5) is 0 Å². The maximum atomic E-state index is 11.7. The lowest BCUT2D eigenvalue weighted by atomic mass is 9.85. The minimum absolute atomic E-state index is 0.241. The molecule has 1 aliphatic rings. The zero-order valence-corrected chi connectivity index (χ0v) is 13.5. The van der Waals surface area contributed by atoms with Crippen LogP contribution < -0.4 is 5.32 Å². The van der Waals surface area contributed by atoms with Crippen molar-refractivity contribution in [2.24, 2.45) is 5.92 Å². The van der Waals surface area contributed by atoms with Crippen LogP contribution in [0.15, 0.2) is 28.7 Å². The summed E-state index contributed by atoms with van der Waals surface area (Å²) in [5.74, 6) is 1.20. The molecule has 5 heteroatoms. The van der Waals surface area contributed by atoms with Crippen molar-refractivity contribution in [3.8, 4) is 0 Å². The predicted octanol–water partition coefficient (Wildman–Crippen LogP) is 2.58. The van der Waals surface area contributed by atoms with Gasteiger partial charge >= 0.3 is 0 Å². The first-order valence-electron chi connectivity index (χ1n) is 6.68. The van der Waals surface area contributed by atoms with Crippen LogP contribution in [0.3, 0.4) is 0 Å². The van der Waals surface area contributed by atoms with Crippen LogP contribution in [0.2, 0.25) is 0 Å². The first-order chi connectivity index (χ1) is 9.02. The predicted molar refractivity (Wildman–Crippen MR) is 82.2 cm³/mol. The van der Waals surface area contributed by atoms with Crippen LogP contribution in [-0.2, 0) is 9.84 Å². The van der Waals surface area contributed by atoms with Gasteiger partial charge in [0.2, 0.25) is 0 Å². The third kappa shape index (κ3) is 4.04. The van der Waals surface area contributed by atoms with Gasteiger partial charge in [-0.15, -0.1) is 0 Å². The highest BCUT2D eigenvalue weighted by Gasteiger charge is 2.34. The Morgan fingerprint density at radius 2 is 2.05 bits per heavy atom. The Labute approximate surface area is 123 Å². The van der Waals surface area contributed by atoms with Gasteiger partial charge in [-0.3, -0.25) is 0 Å². The topological polar surface area (TPSA) is 46.2 Å². The summed E-state index contributed by atoms with van der Waals surface area (Å²) in [6, 6.07) is 8.24. The number of benzene rings is 1. The highest BCUT2D eigenvalue weighted by molar-refractivity contribution is 9.10. The molecule has 19 heavy (non-hydrogen) atoms. The quantitative estimate of drug-likeness (QED) is 0.891. The molecule has 0 aromatic heterocycles. The first kappa shape index (κ1) is 15.0. The fraction of sp³-hybridized carbons (Fsp3) is 0.571. The lowest BCUT2D eigenvalue weighted by molar-refractivity contribution is 0.443. The van der Waals surface area contributed by atoms with Gasteiger partial charge in [0.05, 0.1) is 11.5 Å². The molecule has 2 unspecified atom stereocenters. The zero-order valence-electron chi connectivity index (χ0n) is 11.1. The van der Waals surface area contributed by atoms with Gasteiger partial charge in [0.1, 0.15) is 0 Å². The third-order valence-corrected chi connectivity index (χ3v) is 6.07. The highest BCUT2D eigenvalue weighted by atomic mass is 79.9. The van der Waals surface area contributed by atoms with Crippen molar-refractivity contribution < 1.29 is 8.42 Å². The van der Waals surface area contributed by atoms with E-state index in [0.717, 1.165) is 24.0 Å². The monoisotopic (exact) mass is 345 g/mol. The molecule has 0 spiro atoms. The van der Waals surface area contributed by atoms with Gasteiger partial charge in [0.15, 0.2) is 9.84 Å². The molecule has 106 valence electrons. The van der Waals surface area contributed by atoms with Gasteiger partial charge in [-0.1, -0.05) is 35.0 Å². The zero-order chi connectivity index (χ0) is 13.9. The van der Waals surface area contributed by atoms with E-state index < -0.39 is 9.84 Å². The SMILES string of the molecule is CCNCC(c1ccc(Br)cc1)C1CCS(=O)(=O)C1. The number of halogens is 1. The lowest BCUT2D eigenvalue weighted by Gasteiger charge is -2.23. The normalized spacial score (nSPS) is 23.4. The van der Waals surface area contributed by atoms with Crippen LogP contribution in [0.1, 0.15) is 24.8 Å². The molecular weight excluding hydrogens is 326 g/mol. The number of likely N-dealkylation sites (N-methyl/N-ethyl adjacent to an activating group) is 1. The van der Waals surface area contributed by atoms with E-state index in [1.54, 1.807) is 0 Å². The summed E-state index contributed by atoms with van der Waals surface area (Å²) in [6.45, 7) is 3.83. The smallest absolute Gasteiger partial charge is 0.150 e. The van der Waals surface area contributed by atoms with Crippen molar-refractivity contribution in [3.63, 3.8) is 0 Å². The Hall–Kier alpha value is -0.390. The average Bonchev–Trinajstić information content (AvgIpc) is 2.72. The Morgan fingerprint density at radius 3 is 2.58 bits per heavy atom. The second kappa shape index (κ2) is 6.37. The number of hydrogen-bond acceptors (Lipinski definition) is 3. The number of rotatable bonds is 5. The van der Waals surface area contributed by atoms with Crippen molar-refractivity contribution in [1.29, 1.82) is 0 Å². The Balaban J connectivity index is 2.18. The summed E-state index contributed by atoms with van der Waals surface area (Å²) in [4.78, 5) is 0. The minimum Gasteiger partial charge on any atom is -0.316 e. The second-order valence-corrected chi connectivity index (χ2v) is 8.27. The third-order valence-electron chi connectivity index (χ3n) is 3.75. The van der Waals surface area contributed by atoms with Gasteiger partial charge in [0, 0.05) is 16.9 Å². The van der Waals surface area contributed by atoms with Gasteiger partial charge in [-0.2, -0.15) is 0 Å². The van der Waals surface area contributed by atoms with Gasteiger partial charge in [0.25, 0.3) is 0 Å². The summed E-state index contributed by atoms with van der Waals surface area (Å²) in [7, 11) is -2.82. The molecule has 3 nitrogen and oxygen atoms in total. The van der Waals surface area contributed by atoms with Crippen molar-refractivity contribution in [3.05, 3.63) is 34.3 Å². The molecule has 1 aliphatic heterocycles. The molecular formula is C14H20BrNO2S. The van der Waals surface area contributed by atoms with Crippen molar-refractivity contribution >= 4 is 25.8 Å². The standard InChI is InChI=1S/C14H20BrNO2S/c1-2-16-9-14(11-3-5-13(15)6-4-11)12-7-8-19(17,18)10-12/h3-6,12,14,16H,2,7-10H2,1H3. The van der Waals surface area contributed by atoms with Crippen molar-refractivity contribution in [2.45, 2.75) is 19.3 Å². The van der Waals surface area contributed by atoms with E-state index in [2.05, 4.69) is 40.3 Å². The largest absolute Gasteiger partial charge is 0.316 e. The average molecular weight is 346 g/mol. The van der Waals surface area contributed by atoms with E-state index in [1.165, 1.54) is 5.56 Å². The van der Waals surface area contributed by atoms with Crippen LogP contribution in [0, 0.1) is 5.92 Å². The summed E-state index contributed by atoms with van der Waals surface area (Å²) >= 11 is 3.44. The van der Waals surface area contributed by atoms with Gasteiger partial charge in [-0.05, 0) is 36.6 Å². The maximum Gasteiger partial charge on any atom is 0.150 e. The molecule has 1 saturated heterocycles. The fourth-order valence-corrected chi connectivity index (χ4v) is 4.85. The van der Waals surface area contributed by atoms with Gasteiger partial charge < -0.3 is 5.32 Å². The van der Waals surface area contributed by atoms with Gasteiger partial charge in [-0.25, -0.2) is 8.42 Å². The summed E-state index contributed by atoms with van der Waals surface area (Å²) in [5, 5.41) is 3.36. The summed E-state index contributed by atoms with van der Waals surface area (Å²) in [6.07, 6.45) is 0.786. The van der Waals surface area contributed by atoms with E-state index in [1.807, 2.05) is 12.1 Å². The molecule has 0 radical (unpaired) electrons. The molecule has 1 aromatic carbocycles. The second-order valence-electron chi connectivity index (χ2n) is 5.13. The van der Waals surface area contributed by atoms with E-state index in [0.29, 0.717) is 11.5 Å². The van der Waals surface area contributed by atoms with Crippen molar-refractivity contribution in [1.82, 2.24) is 5.32 Å². The molecule has 0 saturated carbocycles. The van der Waals surface area contributed by atoms with Crippen LogP contribution in [0.25, 0.3) is 0 Å². The molecule has 1 heterocycles. The van der Waals surface area contributed by atoms with Crippen molar-refractivity contribution in [2.75, 3.05) is 24.6 Å². The van der Waals surface area contributed by atoms with E-state index in [9.17, 15) is 8.42 Å². The van der Waals surface area contributed by atoms with E-state index in [-0.39, 0.29) is 11.8 Å². The Bertz CT molecular complexity index is 513. The highest BCUT2D eigenvalue weighted by Crippen LogP contribution is 2.33. The minimum atomic E-state index is -2.82. The summed E-state index contributed by atoms with van der Waals surface area (Å²) in [5.41, 5.74) is 1.23. The van der Waals surface area contributed by atoms with Crippen LogP contribution >= 0.6 is 15.9 Å². The molecule has 1 fully saturated rings. The molecule has 0 amide bonds. The fourth-order valence-electron chi connectivity index (χ4n) is 2.71. The molecule has 2 rings (SSSR count). The molecule has 0 bridgehead atoms. The number of sulfone groups is 1. The molecule has 0 aliphatic carbocycles. The molecule has 1 aromatic rings. The lowest BCUT2D eigenvalue weighted by Crippen LogP contribution is -2.27. The molecule has 1 N–H and O–H groups in total. The van der Waals surface area contributed by atoms with Crippen LogP contribution in [-0.4, -0.2) is 33.0 Å². The first-order valence-corrected chi connectivity index (χ1v) is 9.30. The maximum absolute atomic E-state index is 11.7. The number of nitrogens with one attached hydrogen (secondary N) is 1.